The Morgan fingerprint density at radius 3 is 2.28 bits per heavy atom. The zero-order chi connectivity index (χ0) is 12.5. The molecule has 2 rings (SSSR count). The zero-order valence-electron chi connectivity index (χ0n) is 10.5. The van der Waals surface area contributed by atoms with E-state index in [4.69, 9.17) is 15.0 Å². The number of nitrogens with zero attached hydrogens (tertiary/aromatic N) is 2. The lowest BCUT2D eigenvalue weighted by Crippen LogP contribution is -2.28. The maximum absolute atomic E-state index is 5.88. The number of rotatable bonds is 3. The summed E-state index contributed by atoms with van der Waals surface area (Å²) in [5, 5.41) is 3.90. The van der Waals surface area contributed by atoms with Crippen LogP contribution in [0.25, 0.3) is 11.4 Å². The molecular weight excluding hydrogens is 254 g/mol. The lowest BCUT2D eigenvalue weighted by molar-refractivity contribution is 0.312. The van der Waals surface area contributed by atoms with Crippen molar-refractivity contribution in [3.8, 4) is 17.1 Å². The Hall–Kier alpha value is -1.59. The van der Waals surface area contributed by atoms with Crippen LogP contribution in [-0.2, 0) is 5.54 Å². The van der Waals surface area contributed by atoms with Gasteiger partial charge in [-0.25, -0.2) is 0 Å². The predicted molar refractivity (Wildman–Crippen MR) is 70.7 cm³/mol. The fourth-order valence-corrected chi connectivity index (χ4v) is 1.34. The average Bonchev–Trinajstić information content (AvgIpc) is 2.78. The van der Waals surface area contributed by atoms with Crippen LogP contribution in [0.3, 0.4) is 0 Å². The lowest BCUT2D eigenvalue weighted by Gasteiger charge is -2.10. The standard InChI is InChI=1S/C12H15N3O2.ClH/c1-12(2,13)11-14-10(15-17-11)8-4-6-9(16-3)7-5-8;/h4-7H,13H2,1-3H3;1H. The molecule has 0 spiro atoms. The molecule has 5 nitrogen and oxygen atoms in total. The van der Waals surface area contributed by atoms with E-state index in [2.05, 4.69) is 10.1 Å². The normalized spacial score (nSPS) is 10.9. The van der Waals surface area contributed by atoms with Crippen LogP contribution in [0, 0.1) is 0 Å². The van der Waals surface area contributed by atoms with Crippen molar-refractivity contribution in [2.75, 3.05) is 7.11 Å². The van der Waals surface area contributed by atoms with E-state index in [1.165, 1.54) is 0 Å². The highest BCUT2D eigenvalue weighted by molar-refractivity contribution is 5.85. The molecule has 18 heavy (non-hydrogen) atoms. The highest BCUT2D eigenvalue weighted by Gasteiger charge is 2.22. The molecule has 0 atom stereocenters. The van der Waals surface area contributed by atoms with Crippen molar-refractivity contribution in [2.24, 2.45) is 5.73 Å². The number of halogens is 1. The van der Waals surface area contributed by atoms with E-state index in [-0.39, 0.29) is 12.4 Å². The summed E-state index contributed by atoms with van der Waals surface area (Å²) in [6.45, 7) is 3.64. The van der Waals surface area contributed by atoms with Gasteiger partial charge in [-0.3, -0.25) is 0 Å². The number of hydrogen-bond donors (Lipinski definition) is 1. The molecule has 0 aliphatic heterocycles. The van der Waals surface area contributed by atoms with Crippen molar-refractivity contribution >= 4 is 12.4 Å². The molecule has 0 aliphatic carbocycles. The van der Waals surface area contributed by atoms with Crippen molar-refractivity contribution in [1.29, 1.82) is 0 Å². The summed E-state index contributed by atoms with van der Waals surface area (Å²) in [5.74, 6) is 1.74. The van der Waals surface area contributed by atoms with E-state index in [0.717, 1.165) is 11.3 Å². The second-order valence-corrected chi connectivity index (χ2v) is 4.37. The molecule has 0 unspecified atom stereocenters. The molecule has 1 heterocycles. The molecule has 0 saturated heterocycles. The second-order valence-electron chi connectivity index (χ2n) is 4.37. The van der Waals surface area contributed by atoms with Crippen molar-refractivity contribution < 1.29 is 9.26 Å². The quantitative estimate of drug-likeness (QED) is 0.926. The number of methoxy groups -OCH3 is 1. The number of hydrogen-bond acceptors (Lipinski definition) is 5. The molecule has 98 valence electrons. The van der Waals surface area contributed by atoms with Gasteiger partial charge in [0.2, 0.25) is 11.7 Å². The Morgan fingerprint density at radius 2 is 1.83 bits per heavy atom. The summed E-state index contributed by atoms with van der Waals surface area (Å²) < 4.78 is 10.2. The molecular formula is C12H16ClN3O2. The van der Waals surface area contributed by atoms with Gasteiger partial charge in [0.05, 0.1) is 12.6 Å². The van der Waals surface area contributed by atoms with Gasteiger partial charge < -0.3 is 15.0 Å². The molecule has 1 aromatic heterocycles. The van der Waals surface area contributed by atoms with Crippen molar-refractivity contribution in [3.05, 3.63) is 30.2 Å². The largest absolute Gasteiger partial charge is 0.497 e. The smallest absolute Gasteiger partial charge is 0.246 e. The zero-order valence-corrected chi connectivity index (χ0v) is 11.3. The minimum Gasteiger partial charge on any atom is -0.497 e. The van der Waals surface area contributed by atoms with E-state index in [0.29, 0.717) is 11.7 Å². The van der Waals surface area contributed by atoms with Gasteiger partial charge in [0.15, 0.2) is 0 Å². The molecule has 6 heteroatoms. The molecule has 0 aliphatic rings. The van der Waals surface area contributed by atoms with E-state index in [1.54, 1.807) is 7.11 Å². The third kappa shape index (κ3) is 3.00. The van der Waals surface area contributed by atoms with Crippen molar-refractivity contribution in [3.63, 3.8) is 0 Å². The van der Waals surface area contributed by atoms with Crippen LogP contribution in [0.15, 0.2) is 28.8 Å². The highest BCUT2D eigenvalue weighted by Crippen LogP contribution is 2.22. The molecule has 0 saturated carbocycles. The Kier molecular flexibility index (Phi) is 4.32. The van der Waals surface area contributed by atoms with Crippen LogP contribution in [0.5, 0.6) is 5.75 Å². The van der Waals surface area contributed by atoms with Crippen LogP contribution in [0.2, 0.25) is 0 Å². The molecule has 1 aromatic carbocycles. The number of ether oxygens (including phenoxy) is 1. The first kappa shape index (κ1) is 14.5. The predicted octanol–water partition coefficient (Wildman–Crippen LogP) is 2.36. The van der Waals surface area contributed by atoms with E-state index >= 15 is 0 Å². The monoisotopic (exact) mass is 269 g/mol. The summed E-state index contributed by atoms with van der Waals surface area (Å²) in [4.78, 5) is 4.26. The maximum Gasteiger partial charge on any atom is 0.246 e. The molecule has 0 fully saturated rings. The summed E-state index contributed by atoms with van der Waals surface area (Å²) in [7, 11) is 1.62. The first-order valence-electron chi connectivity index (χ1n) is 5.28. The van der Waals surface area contributed by atoms with Crippen LogP contribution >= 0.6 is 12.4 Å². The lowest BCUT2D eigenvalue weighted by atomic mass is 10.1. The third-order valence-electron chi connectivity index (χ3n) is 2.33. The topological polar surface area (TPSA) is 74.2 Å². The van der Waals surface area contributed by atoms with Gasteiger partial charge in [-0.05, 0) is 38.1 Å². The first-order valence-corrected chi connectivity index (χ1v) is 5.28. The van der Waals surface area contributed by atoms with Gasteiger partial charge in [-0.1, -0.05) is 5.16 Å². The number of benzene rings is 1. The van der Waals surface area contributed by atoms with Gasteiger partial charge in [0.25, 0.3) is 0 Å². The molecule has 0 amide bonds. The summed E-state index contributed by atoms with van der Waals surface area (Å²) >= 11 is 0. The minimum absolute atomic E-state index is 0. The second kappa shape index (κ2) is 5.37. The average molecular weight is 270 g/mol. The fraction of sp³-hybridized carbons (Fsp3) is 0.333. The van der Waals surface area contributed by atoms with Crippen LogP contribution in [0.1, 0.15) is 19.7 Å². The van der Waals surface area contributed by atoms with E-state index < -0.39 is 5.54 Å². The van der Waals surface area contributed by atoms with Crippen molar-refractivity contribution in [1.82, 2.24) is 10.1 Å². The summed E-state index contributed by atoms with van der Waals surface area (Å²) in [5.41, 5.74) is 6.12. The van der Waals surface area contributed by atoms with E-state index in [1.807, 2.05) is 38.1 Å². The van der Waals surface area contributed by atoms with E-state index in [9.17, 15) is 0 Å². The first-order chi connectivity index (χ1) is 8.00. The van der Waals surface area contributed by atoms with Crippen LogP contribution in [-0.4, -0.2) is 17.3 Å². The Morgan fingerprint density at radius 1 is 1.22 bits per heavy atom. The van der Waals surface area contributed by atoms with Gasteiger partial charge in [-0.15, -0.1) is 12.4 Å². The van der Waals surface area contributed by atoms with Gasteiger partial charge in [0.1, 0.15) is 5.75 Å². The summed E-state index contributed by atoms with van der Waals surface area (Å²) in [6, 6.07) is 7.44. The highest BCUT2D eigenvalue weighted by atomic mass is 35.5. The minimum atomic E-state index is -0.627. The fourth-order valence-electron chi connectivity index (χ4n) is 1.34. The Balaban J connectivity index is 0.00000162. The van der Waals surface area contributed by atoms with Crippen LogP contribution in [0.4, 0.5) is 0 Å². The molecule has 0 radical (unpaired) electrons. The summed E-state index contributed by atoms with van der Waals surface area (Å²) in [6.07, 6.45) is 0. The number of nitrogens with two attached hydrogens (primary N) is 1. The maximum atomic E-state index is 5.88. The van der Waals surface area contributed by atoms with Crippen LogP contribution < -0.4 is 10.5 Å². The molecule has 2 aromatic rings. The van der Waals surface area contributed by atoms with Gasteiger partial charge in [-0.2, -0.15) is 4.98 Å². The Labute approximate surface area is 112 Å². The van der Waals surface area contributed by atoms with Gasteiger partial charge in [0, 0.05) is 5.56 Å². The van der Waals surface area contributed by atoms with Crippen molar-refractivity contribution in [2.45, 2.75) is 19.4 Å². The Bertz CT molecular complexity index is 503. The SMILES string of the molecule is COc1ccc(-c2noc(C(C)(C)N)n2)cc1.Cl. The number of aromatic nitrogens is 2. The van der Waals surface area contributed by atoms with Gasteiger partial charge >= 0.3 is 0 Å². The molecule has 0 bridgehead atoms. The third-order valence-corrected chi connectivity index (χ3v) is 2.33. The molecule has 2 N–H and O–H groups in total.